The molecule has 0 saturated carbocycles. The normalized spacial score (nSPS) is 10.6. The van der Waals surface area contributed by atoms with E-state index in [9.17, 15) is 10.1 Å². The topological polar surface area (TPSA) is 154 Å². The summed E-state index contributed by atoms with van der Waals surface area (Å²) < 4.78 is 1.52. The molecule has 3 aromatic heterocycles. The molecular formula is C14H12ClN9O2. The van der Waals surface area contributed by atoms with Gasteiger partial charge in [0.05, 0.1) is 11.5 Å². The molecule has 4 rings (SSSR count). The number of rotatable bonds is 4. The van der Waals surface area contributed by atoms with Crippen LogP contribution in [-0.4, -0.2) is 40.1 Å². The molecule has 0 aliphatic carbocycles. The second-order valence-corrected chi connectivity index (χ2v) is 5.24. The van der Waals surface area contributed by atoms with Crippen LogP contribution in [0.15, 0.2) is 36.5 Å². The van der Waals surface area contributed by atoms with Crippen molar-refractivity contribution in [3.05, 3.63) is 52.2 Å². The lowest BCUT2D eigenvalue weighted by molar-refractivity contribution is -0.384. The van der Waals surface area contributed by atoms with Crippen molar-refractivity contribution in [3.63, 3.8) is 0 Å². The minimum Gasteiger partial charge on any atom is -0.368 e. The number of nitro groups is 1. The summed E-state index contributed by atoms with van der Waals surface area (Å²) in [5.41, 5.74) is 8.42. The van der Waals surface area contributed by atoms with Gasteiger partial charge in [0.15, 0.2) is 11.2 Å². The van der Waals surface area contributed by atoms with Crippen molar-refractivity contribution in [2.24, 2.45) is 0 Å². The third kappa shape index (κ3) is 3.02. The lowest BCUT2D eigenvalue weighted by Gasteiger charge is -2.03. The summed E-state index contributed by atoms with van der Waals surface area (Å²) in [5, 5.41) is 25.9. The minimum absolute atomic E-state index is 0. The minimum atomic E-state index is -0.446. The highest BCUT2D eigenvalue weighted by atomic mass is 35.5. The monoisotopic (exact) mass is 373 g/mol. The molecule has 1 aromatic carbocycles. The summed E-state index contributed by atoms with van der Waals surface area (Å²) in [6, 6.07) is 8.02. The number of benzene rings is 1. The Kier molecular flexibility index (Phi) is 4.45. The average Bonchev–Trinajstić information content (AvgIpc) is 3.25. The van der Waals surface area contributed by atoms with Crippen molar-refractivity contribution >= 4 is 35.2 Å². The summed E-state index contributed by atoms with van der Waals surface area (Å²) in [5.74, 6) is 0.0630. The van der Waals surface area contributed by atoms with E-state index < -0.39 is 4.92 Å². The Labute approximate surface area is 151 Å². The SMILES string of the molecule is Cl.Nc1nc(-c2cc[nH]n2)c2nnn(Cc3cccc([N+](=O)[O-])c3)c2n1. The second kappa shape index (κ2) is 6.72. The zero-order chi connectivity index (χ0) is 17.4. The molecule has 132 valence electrons. The fourth-order valence-electron chi connectivity index (χ4n) is 2.49. The number of nitrogen functional groups attached to an aromatic ring is 1. The van der Waals surface area contributed by atoms with Crippen LogP contribution >= 0.6 is 12.4 Å². The molecular weight excluding hydrogens is 362 g/mol. The van der Waals surface area contributed by atoms with Crippen molar-refractivity contribution in [2.75, 3.05) is 5.73 Å². The molecule has 0 amide bonds. The maximum atomic E-state index is 10.9. The number of fused-ring (bicyclic) bond motifs is 1. The van der Waals surface area contributed by atoms with E-state index in [1.165, 1.54) is 16.8 Å². The van der Waals surface area contributed by atoms with Gasteiger partial charge in [0.2, 0.25) is 5.95 Å². The molecule has 0 unspecified atom stereocenters. The van der Waals surface area contributed by atoms with E-state index >= 15 is 0 Å². The van der Waals surface area contributed by atoms with Crippen LogP contribution in [0.3, 0.4) is 0 Å². The first kappa shape index (κ1) is 17.2. The van der Waals surface area contributed by atoms with E-state index in [-0.39, 0.29) is 30.6 Å². The van der Waals surface area contributed by atoms with Gasteiger partial charge in [-0.1, -0.05) is 17.3 Å². The number of hydrogen-bond acceptors (Lipinski definition) is 8. The van der Waals surface area contributed by atoms with Crippen LogP contribution < -0.4 is 5.73 Å². The zero-order valence-electron chi connectivity index (χ0n) is 13.1. The molecule has 0 saturated heterocycles. The Balaban J connectivity index is 0.00000196. The average molecular weight is 374 g/mol. The van der Waals surface area contributed by atoms with Crippen molar-refractivity contribution in [2.45, 2.75) is 6.54 Å². The van der Waals surface area contributed by atoms with Crippen LogP contribution in [-0.2, 0) is 6.54 Å². The number of aromatic amines is 1. The number of anilines is 1. The third-order valence-corrected chi connectivity index (χ3v) is 3.58. The smallest absolute Gasteiger partial charge is 0.269 e. The van der Waals surface area contributed by atoms with Gasteiger partial charge in [-0.3, -0.25) is 15.2 Å². The van der Waals surface area contributed by atoms with Crippen LogP contribution in [0.25, 0.3) is 22.6 Å². The van der Waals surface area contributed by atoms with Gasteiger partial charge in [0.25, 0.3) is 5.69 Å². The van der Waals surface area contributed by atoms with E-state index in [0.29, 0.717) is 28.1 Å². The summed E-state index contributed by atoms with van der Waals surface area (Å²) in [4.78, 5) is 18.8. The fraction of sp³-hybridized carbons (Fsp3) is 0.0714. The van der Waals surface area contributed by atoms with Crippen LogP contribution in [0.1, 0.15) is 5.56 Å². The van der Waals surface area contributed by atoms with Gasteiger partial charge in [0.1, 0.15) is 11.4 Å². The van der Waals surface area contributed by atoms with E-state index in [0.717, 1.165) is 0 Å². The molecule has 4 aromatic rings. The van der Waals surface area contributed by atoms with Crippen molar-refractivity contribution in [1.82, 2.24) is 35.2 Å². The first-order valence-corrected chi connectivity index (χ1v) is 7.22. The predicted octanol–water partition coefficient (Wildman–Crippen LogP) is 1.57. The Bertz CT molecular complexity index is 1080. The third-order valence-electron chi connectivity index (χ3n) is 3.58. The standard InChI is InChI=1S/C14H11N9O2.ClH/c15-14-17-11(10-4-5-16-19-10)12-13(18-14)22(21-20-12)7-8-2-1-3-9(6-8)23(24)25;/h1-6H,7H2,(H,16,19)(H2,15,17,18);1H. The number of nitrogens with one attached hydrogen (secondary N) is 1. The number of non-ortho nitro benzene ring substituents is 1. The van der Waals surface area contributed by atoms with Gasteiger partial charge in [-0.05, 0) is 11.6 Å². The quantitative estimate of drug-likeness (QED) is 0.403. The van der Waals surface area contributed by atoms with Gasteiger partial charge in [-0.25, -0.2) is 9.67 Å². The molecule has 11 nitrogen and oxygen atoms in total. The molecule has 0 aliphatic heterocycles. The maximum absolute atomic E-state index is 10.9. The summed E-state index contributed by atoms with van der Waals surface area (Å²) >= 11 is 0. The number of nitrogens with two attached hydrogens (primary N) is 1. The molecule has 0 radical (unpaired) electrons. The van der Waals surface area contributed by atoms with Gasteiger partial charge >= 0.3 is 0 Å². The van der Waals surface area contributed by atoms with Gasteiger partial charge in [-0.2, -0.15) is 10.1 Å². The number of nitro benzene ring substituents is 1. The van der Waals surface area contributed by atoms with Crippen molar-refractivity contribution in [3.8, 4) is 11.4 Å². The number of H-pyrrole nitrogens is 1. The molecule has 0 atom stereocenters. The number of halogens is 1. The lowest BCUT2D eigenvalue weighted by atomic mass is 10.2. The highest BCUT2D eigenvalue weighted by Gasteiger charge is 2.17. The van der Waals surface area contributed by atoms with Crippen LogP contribution in [0.4, 0.5) is 11.6 Å². The van der Waals surface area contributed by atoms with Crippen LogP contribution in [0.2, 0.25) is 0 Å². The molecule has 0 fully saturated rings. The largest absolute Gasteiger partial charge is 0.368 e. The molecule has 0 spiro atoms. The Morgan fingerprint density at radius 2 is 2.12 bits per heavy atom. The Hall–Kier alpha value is -3.60. The molecule has 0 bridgehead atoms. The summed E-state index contributed by atoms with van der Waals surface area (Å²) in [7, 11) is 0. The van der Waals surface area contributed by atoms with Gasteiger partial charge in [-0.15, -0.1) is 17.5 Å². The summed E-state index contributed by atoms with van der Waals surface area (Å²) in [6.45, 7) is 0.259. The van der Waals surface area contributed by atoms with Crippen LogP contribution in [0, 0.1) is 10.1 Å². The fourth-order valence-corrected chi connectivity index (χ4v) is 2.49. The zero-order valence-corrected chi connectivity index (χ0v) is 13.9. The van der Waals surface area contributed by atoms with Crippen LogP contribution in [0.5, 0.6) is 0 Å². The van der Waals surface area contributed by atoms with E-state index in [1.54, 1.807) is 24.4 Å². The number of aromatic nitrogens is 7. The molecule has 12 heteroatoms. The maximum Gasteiger partial charge on any atom is 0.269 e. The van der Waals surface area contributed by atoms with E-state index in [1.807, 2.05) is 0 Å². The van der Waals surface area contributed by atoms with Gasteiger partial charge < -0.3 is 5.73 Å². The number of hydrogen-bond donors (Lipinski definition) is 2. The summed E-state index contributed by atoms with van der Waals surface area (Å²) in [6.07, 6.45) is 1.66. The van der Waals surface area contributed by atoms with E-state index in [4.69, 9.17) is 5.73 Å². The van der Waals surface area contributed by atoms with E-state index in [2.05, 4.69) is 30.5 Å². The lowest BCUT2D eigenvalue weighted by Crippen LogP contribution is -2.05. The molecule has 3 heterocycles. The highest BCUT2D eigenvalue weighted by Crippen LogP contribution is 2.23. The predicted molar refractivity (Wildman–Crippen MR) is 94.6 cm³/mol. The number of nitrogens with zero attached hydrogens (tertiary/aromatic N) is 7. The van der Waals surface area contributed by atoms with Crippen molar-refractivity contribution in [1.29, 1.82) is 0 Å². The molecule has 0 aliphatic rings. The highest BCUT2D eigenvalue weighted by molar-refractivity contribution is 5.86. The molecule has 3 N–H and O–H groups in total. The Morgan fingerprint density at radius 3 is 2.85 bits per heavy atom. The Morgan fingerprint density at radius 1 is 1.27 bits per heavy atom. The first-order chi connectivity index (χ1) is 12.1. The first-order valence-electron chi connectivity index (χ1n) is 7.22. The van der Waals surface area contributed by atoms with Crippen molar-refractivity contribution < 1.29 is 4.92 Å². The second-order valence-electron chi connectivity index (χ2n) is 5.24. The molecule has 26 heavy (non-hydrogen) atoms. The van der Waals surface area contributed by atoms with Gasteiger partial charge in [0, 0.05) is 18.3 Å².